The van der Waals surface area contributed by atoms with Crippen molar-refractivity contribution in [2.24, 2.45) is 0 Å². The van der Waals surface area contributed by atoms with Gasteiger partial charge in [-0.15, -0.1) is 0 Å². The van der Waals surface area contributed by atoms with E-state index in [1.54, 1.807) is 31.2 Å². The highest BCUT2D eigenvalue weighted by atomic mass is 35.5. The molecule has 2 rings (SSSR count). The van der Waals surface area contributed by atoms with Crippen LogP contribution in [-0.4, -0.2) is 31.6 Å². The Bertz CT molecular complexity index is 763. The summed E-state index contributed by atoms with van der Waals surface area (Å²) < 4.78 is 11.1. The van der Waals surface area contributed by atoms with Gasteiger partial charge in [0, 0.05) is 18.5 Å². The van der Waals surface area contributed by atoms with Crippen LogP contribution in [0.3, 0.4) is 0 Å². The molecule has 5 nitrogen and oxygen atoms in total. The molecule has 2 aromatic carbocycles. The van der Waals surface area contributed by atoms with Crippen LogP contribution < -0.4 is 5.32 Å². The number of amides is 1. The van der Waals surface area contributed by atoms with E-state index in [0.717, 1.165) is 11.1 Å². The molecule has 0 aliphatic rings. The van der Waals surface area contributed by atoms with Crippen LogP contribution in [0.2, 0.25) is 5.02 Å². The fraction of sp³-hybridized carbons (Fsp3) is 0.300. The van der Waals surface area contributed by atoms with Gasteiger partial charge >= 0.3 is 5.97 Å². The van der Waals surface area contributed by atoms with E-state index in [1.165, 1.54) is 6.92 Å². The average molecular weight is 376 g/mol. The summed E-state index contributed by atoms with van der Waals surface area (Å²) in [7, 11) is 0. The summed E-state index contributed by atoms with van der Waals surface area (Å²) in [6.45, 7) is 4.25. The Morgan fingerprint density at radius 1 is 1.12 bits per heavy atom. The van der Waals surface area contributed by atoms with Gasteiger partial charge in [-0.2, -0.15) is 0 Å². The summed E-state index contributed by atoms with van der Waals surface area (Å²) in [5.74, 6) is -0.491. The average Bonchev–Trinajstić information content (AvgIpc) is 2.62. The van der Waals surface area contributed by atoms with Crippen molar-refractivity contribution in [1.29, 1.82) is 0 Å². The first-order chi connectivity index (χ1) is 12.5. The minimum atomic E-state index is -0.420. The third-order valence-electron chi connectivity index (χ3n) is 3.61. The standard InChI is InChI=1S/C20H22ClNO4/c1-3-25-20(24)17-8-4-6-15(12-17)19(26-11-10-22-14(2)23)16-7-5-9-18(21)13-16/h4-9,12-13,19H,3,10-11H2,1-2H3,(H,22,23). The van der Waals surface area contributed by atoms with Gasteiger partial charge in [0.15, 0.2) is 0 Å². The number of hydrogen-bond donors (Lipinski definition) is 1. The largest absolute Gasteiger partial charge is 0.462 e. The van der Waals surface area contributed by atoms with Gasteiger partial charge in [0.2, 0.25) is 5.91 Å². The Kier molecular flexibility index (Phi) is 7.63. The molecule has 0 spiro atoms. The second kappa shape index (κ2) is 9.94. The number of carbonyl (C=O) groups excluding carboxylic acids is 2. The van der Waals surface area contributed by atoms with Crippen LogP contribution in [-0.2, 0) is 14.3 Å². The number of carbonyl (C=O) groups is 2. The molecular weight excluding hydrogens is 354 g/mol. The molecule has 0 bridgehead atoms. The Morgan fingerprint density at radius 3 is 2.46 bits per heavy atom. The topological polar surface area (TPSA) is 64.6 Å². The molecule has 0 aliphatic heterocycles. The van der Waals surface area contributed by atoms with Crippen molar-refractivity contribution in [2.45, 2.75) is 20.0 Å². The van der Waals surface area contributed by atoms with Crippen molar-refractivity contribution in [3.8, 4) is 0 Å². The zero-order valence-corrected chi connectivity index (χ0v) is 15.6. The maximum atomic E-state index is 12.0. The molecular formula is C20H22ClNO4. The molecule has 0 saturated carbocycles. The number of ether oxygens (including phenoxy) is 2. The van der Waals surface area contributed by atoms with Crippen LogP contribution in [0.15, 0.2) is 48.5 Å². The third kappa shape index (κ3) is 5.86. The predicted molar refractivity (Wildman–Crippen MR) is 100 cm³/mol. The normalized spacial score (nSPS) is 11.7. The van der Waals surface area contributed by atoms with E-state index in [1.807, 2.05) is 24.3 Å². The monoisotopic (exact) mass is 375 g/mol. The minimum Gasteiger partial charge on any atom is -0.462 e. The summed E-state index contributed by atoms with van der Waals surface area (Å²) in [6.07, 6.45) is -0.420. The molecule has 0 aromatic heterocycles. The molecule has 1 atom stereocenters. The first-order valence-corrected chi connectivity index (χ1v) is 8.77. The van der Waals surface area contributed by atoms with Gasteiger partial charge in [-0.1, -0.05) is 35.9 Å². The lowest BCUT2D eigenvalue weighted by Crippen LogP contribution is -2.25. The van der Waals surface area contributed by atoms with Gasteiger partial charge < -0.3 is 14.8 Å². The number of rotatable bonds is 8. The molecule has 0 heterocycles. The summed E-state index contributed by atoms with van der Waals surface area (Å²) in [4.78, 5) is 23.0. The van der Waals surface area contributed by atoms with Crippen LogP contribution in [0.1, 0.15) is 41.4 Å². The van der Waals surface area contributed by atoms with Crippen LogP contribution >= 0.6 is 11.6 Å². The molecule has 1 N–H and O–H groups in total. The van der Waals surface area contributed by atoms with E-state index in [0.29, 0.717) is 30.3 Å². The summed E-state index contributed by atoms with van der Waals surface area (Å²) in [5.41, 5.74) is 2.13. The minimum absolute atomic E-state index is 0.114. The molecule has 138 valence electrons. The molecule has 0 radical (unpaired) electrons. The molecule has 0 fully saturated rings. The lowest BCUT2D eigenvalue weighted by Gasteiger charge is -2.20. The van der Waals surface area contributed by atoms with Gasteiger partial charge in [0.25, 0.3) is 0 Å². The maximum absolute atomic E-state index is 12.0. The van der Waals surface area contributed by atoms with Gasteiger partial charge in [0.1, 0.15) is 6.10 Å². The molecule has 2 aromatic rings. The fourth-order valence-corrected chi connectivity index (χ4v) is 2.70. The van der Waals surface area contributed by atoms with Crippen molar-refractivity contribution >= 4 is 23.5 Å². The van der Waals surface area contributed by atoms with Gasteiger partial charge in [-0.3, -0.25) is 4.79 Å². The maximum Gasteiger partial charge on any atom is 0.338 e. The van der Waals surface area contributed by atoms with E-state index in [9.17, 15) is 9.59 Å². The Hall–Kier alpha value is -2.37. The van der Waals surface area contributed by atoms with E-state index in [4.69, 9.17) is 21.1 Å². The zero-order valence-electron chi connectivity index (χ0n) is 14.8. The summed E-state index contributed by atoms with van der Waals surface area (Å²) >= 11 is 6.12. The number of nitrogens with one attached hydrogen (secondary N) is 1. The highest BCUT2D eigenvalue weighted by Crippen LogP contribution is 2.28. The first-order valence-electron chi connectivity index (χ1n) is 8.40. The van der Waals surface area contributed by atoms with Crippen molar-refractivity contribution in [2.75, 3.05) is 19.8 Å². The van der Waals surface area contributed by atoms with Crippen molar-refractivity contribution in [3.63, 3.8) is 0 Å². The first kappa shape index (κ1) is 19.9. The Balaban J connectivity index is 2.26. The molecule has 1 unspecified atom stereocenters. The number of hydrogen-bond acceptors (Lipinski definition) is 4. The van der Waals surface area contributed by atoms with Crippen LogP contribution in [0.25, 0.3) is 0 Å². The van der Waals surface area contributed by atoms with Gasteiger partial charge in [-0.05, 0) is 42.3 Å². The lowest BCUT2D eigenvalue weighted by molar-refractivity contribution is -0.119. The molecule has 6 heteroatoms. The smallest absolute Gasteiger partial charge is 0.338 e. The van der Waals surface area contributed by atoms with Crippen molar-refractivity contribution in [1.82, 2.24) is 5.32 Å². The molecule has 0 aliphatic carbocycles. The lowest BCUT2D eigenvalue weighted by atomic mass is 9.99. The Labute approximate surface area is 158 Å². The number of halogens is 1. The summed E-state index contributed by atoms with van der Waals surface area (Å²) in [5, 5.41) is 3.29. The highest BCUT2D eigenvalue weighted by molar-refractivity contribution is 6.30. The van der Waals surface area contributed by atoms with Crippen molar-refractivity contribution in [3.05, 3.63) is 70.2 Å². The molecule has 26 heavy (non-hydrogen) atoms. The third-order valence-corrected chi connectivity index (χ3v) is 3.85. The second-order valence-corrected chi connectivity index (χ2v) is 6.07. The summed E-state index contributed by atoms with van der Waals surface area (Å²) in [6, 6.07) is 14.5. The van der Waals surface area contributed by atoms with E-state index in [2.05, 4.69) is 5.32 Å². The predicted octanol–water partition coefficient (Wildman–Crippen LogP) is 3.76. The fourth-order valence-electron chi connectivity index (χ4n) is 2.50. The zero-order chi connectivity index (χ0) is 18.9. The number of benzene rings is 2. The van der Waals surface area contributed by atoms with Crippen molar-refractivity contribution < 1.29 is 19.1 Å². The SMILES string of the molecule is CCOC(=O)c1cccc(C(OCCNC(C)=O)c2cccc(Cl)c2)c1. The van der Waals surface area contributed by atoms with E-state index < -0.39 is 6.10 Å². The Morgan fingerprint density at radius 2 is 1.81 bits per heavy atom. The second-order valence-electron chi connectivity index (χ2n) is 5.63. The van der Waals surface area contributed by atoms with Gasteiger partial charge in [0.05, 0.1) is 18.8 Å². The van der Waals surface area contributed by atoms with E-state index >= 15 is 0 Å². The van der Waals surface area contributed by atoms with Crippen LogP contribution in [0.4, 0.5) is 0 Å². The molecule has 0 saturated heterocycles. The number of esters is 1. The quantitative estimate of drug-likeness (QED) is 0.563. The van der Waals surface area contributed by atoms with Crippen LogP contribution in [0.5, 0.6) is 0 Å². The van der Waals surface area contributed by atoms with Crippen LogP contribution in [0, 0.1) is 0 Å². The molecule has 1 amide bonds. The van der Waals surface area contributed by atoms with Gasteiger partial charge in [-0.25, -0.2) is 4.79 Å². The van der Waals surface area contributed by atoms with E-state index in [-0.39, 0.29) is 11.9 Å². The highest BCUT2D eigenvalue weighted by Gasteiger charge is 2.17.